The van der Waals surface area contributed by atoms with Crippen LogP contribution in [-0.4, -0.2) is 26.7 Å². The molecule has 108 valence electrons. The van der Waals surface area contributed by atoms with Crippen molar-refractivity contribution in [3.8, 4) is 0 Å². The van der Waals surface area contributed by atoms with Gasteiger partial charge < -0.3 is 10.6 Å². The first-order valence-electron chi connectivity index (χ1n) is 6.74. The number of hydrogen-bond donors (Lipinski definition) is 3. The van der Waals surface area contributed by atoms with Crippen molar-refractivity contribution in [1.82, 2.24) is 20.2 Å². The number of anilines is 3. The first kappa shape index (κ1) is 13.6. The molecule has 0 amide bonds. The Kier molecular flexibility index (Phi) is 3.87. The first-order chi connectivity index (χ1) is 10.3. The van der Waals surface area contributed by atoms with Gasteiger partial charge in [0.25, 0.3) is 0 Å². The van der Waals surface area contributed by atoms with Gasteiger partial charge in [-0.1, -0.05) is 30.7 Å². The number of benzene rings is 1. The molecule has 7 heteroatoms. The maximum absolute atomic E-state index is 6.18. The predicted molar refractivity (Wildman–Crippen MR) is 85.2 cm³/mol. The van der Waals surface area contributed by atoms with E-state index in [1.54, 1.807) is 6.20 Å². The molecule has 0 bridgehead atoms. The Morgan fingerprint density at radius 3 is 2.90 bits per heavy atom. The molecule has 2 heterocycles. The summed E-state index contributed by atoms with van der Waals surface area (Å²) in [5, 5.41) is 14.7. The second kappa shape index (κ2) is 5.97. The molecule has 6 nitrogen and oxygen atoms in total. The zero-order valence-corrected chi connectivity index (χ0v) is 12.3. The molecule has 21 heavy (non-hydrogen) atoms. The molecular formula is C14H15ClN6. The summed E-state index contributed by atoms with van der Waals surface area (Å²) in [7, 11) is 0. The SMILES string of the molecule is CCCNc1nc(Nc2ccccc2Cl)c2cn[nH]c2n1. The van der Waals surface area contributed by atoms with E-state index >= 15 is 0 Å². The number of nitrogens with one attached hydrogen (secondary N) is 3. The molecule has 0 aliphatic heterocycles. The number of nitrogens with zero attached hydrogens (tertiary/aromatic N) is 3. The number of H-pyrrole nitrogens is 1. The summed E-state index contributed by atoms with van der Waals surface area (Å²) in [5.74, 6) is 1.23. The smallest absolute Gasteiger partial charge is 0.226 e. The third-order valence-electron chi connectivity index (χ3n) is 2.97. The first-order valence-corrected chi connectivity index (χ1v) is 7.12. The molecule has 2 aromatic heterocycles. The quantitative estimate of drug-likeness (QED) is 0.671. The van der Waals surface area contributed by atoms with E-state index in [2.05, 4.69) is 37.7 Å². The summed E-state index contributed by atoms with van der Waals surface area (Å²) in [6.45, 7) is 2.90. The maximum Gasteiger partial charge on any atom is 0.226 e. The van der Waals surface area contributed by atoms with Crippen molar-refractivity contribution in [2.24, 2.45) is 0 Å². The van der Waals surface area contributed by atoms with Crippen LogP contribution in [0.2, 0.25) is 5.02 Å². The van der Waals surface area contributed by atoms with E-state index in [0.717, 1.165) is 24.0 Å². The highest BCUT2D eigenvalue weighted by Crippen LogP contribution is 2.28. The summed E-state index contributed by atoms with van der Waals surface area (Å²) in [4.78, 5) is 8.88. The highest BCUT2D eigenvalue weighted by atomic mass is 35.5. The zero-order chi connectivity index (χ0) is 14.7. The summed E-state index contributed by atoms with van der Waals surface area (Å²) in [5.41, 5.74) is 1.47. The average Bonchev–Trinajstić information content (AvgIpc) is 2.96. The van der Waals surface area contributed by atoms with Gasteiger partial charge in [0.1, 0.15) is 5.82 Å². The van der Waals surface area contributed by atoms with Gasteiger partial charge in [-0.05, 0) is 18.6 Å². The molecule has 0 aliphatic carbocycles. The third-order valence-corrected chi connectivity index (χ3v) is 3.30. The number of hydrogen-bond acceptors (Lipinski definition) is 5. The van der Waals surface area contributed by atoms with E-state index in [4.69, 9.17) is 11.6 Å². The Morgan fingerprint density at radius 2 is 2.10 bits per heavy atom. The topological polar surface area (TPSA) is 78.5 Å². The lowest BCUT2D eigenvalue weighted by molar-refractivity contribution is 0.955. The predicted octanol–water partition coefficient (Wildman–Crippen LogP) is 3.57. The van der Waals surface area contributed by atoms with Crippen molar-refractivity contribution in [2.75, 3.05) is 17.2 Å². The molecule has 0 aliphatic rings. The highest BCUT2D eigenvalue weighted by molar-refractivity contribution is 6.33. The van der Waals surface area contributed by atoms with Crippen LogP contribution in [0.25, 0.3) is 11.0 Å². The molecule has 1 aromatic carbocycles. The van der Waals surface area contributed by atoms with Gasteiger partial charge in [-0.25, -0.2) is 0 Å². The molecule has 0 saturated heterocycles. The molecule has 3 N–H and O–H groups in total. The third kappa shape index (κ3) is 2.90. The zero-order valence-electron chi connectivity index (χ0n) is 11.5. The van der Waals surface area contributed by atoms with Crippen LogP contribution >= 0.6 is 11.6 Å². The van der Waals surface area contributed by atoms with Gasteiger partial charge in [-0.15, -0.1) is 0 Å². The van der Waals surface area contributed by atoms with Crippen LogP contribution in [-0.2, 0) is 0 Å². The Morgan fingerprint density at radius 1 is 1.24 bits per heavy atom. The van der Waals surface area contributed by atoms with E-state index in [1.807, 2.05) is 24.3 Å². The lowest BCUT2D eigenvalue weighted by atomic mass is 10.3. The van der Waals surface area contributed by atoms with Crippen molar-refractivity contribution in [3.05, 3.63) is 35.5 Å². The fourth-order valence-corrected chi connectivity index (χ4v) is 2.12. The van der Waals surface area contributed by atoms with Gasteiger partial charge in [-0.3, -0.25) is 5.10 Å². The van der Waals surface area contributed by atoms with Crippen LogP contribution in [0.15, 0.2) is 30.5 Å². The van der Waals surface area contributed by atoms with Gasteiger partial charge in [0, 0.05) is 6.54 Å². The minimum absolute atomic E-state index is 0.558. The molecule has 3 rings (SSSR count). The number of aromatic nitrogens is 4. The number of halogens is 1. The number of fused-ring (bicyclic) bond motifs is 1. The highest BCUT2D eigenvalue weighted by Gasteiger charge is 2.10. The van der Waals surface area contributed by atoms with Crippen LogP contribution in [0.3, 0.4) is 0 Å². The van der Waals surface area contributed by atoms with Crippen molar-refractivity contribution >= 4 is 40.1 Å². The van der Waals surface area contributed by atoms with E-state index < -0.39 is 0 Å². The Labute approximate surface area is 127 Å². The van der Waals surface area contributed by atoms with Crippen LogP contribution in [0, 0.1) is 0 Å². The number of aromatic amines is 1. The normalized spacial score (nSPS) is 10.8. The molecule has 0 saturated carbocycles. The molecular weight excluding hydrogens is 288 g/mol. The van der Waals surface area contributed by atoms with E-state index in [-0.39, 0.29) is 0 Å². The van der Waals surface area contributed by atoms with Crippen molar-refractivity contribution < 1.29 is 0 Å². The minimum atomic E-state index is 0.558. The van der Waals surface area contributed by atoms with Crippen molar-refractivity contribution in [2.45, 2.75) is 13.3 Å². The Balaban J connectivity index is 2.00. The van der Waals surface area contributed by atoms with Gasteiger partial charge in [-0.2, -0.15) is 15.1 Å². The van der Waals surface area contributed by atoms with Crippen LogP contribution in [0.5, 0.6) is 0 Å². The molecule has 0 fully saturated rings. The summed E-state index contributed by atoms with van der Waals surface area (Å²) < 4.78 is 0. The van der Waals surface area contributed by atoms with Crippen LogP contribution < -0.4 is 10.6 Å². The van der Waals surface area contributed by atoms with Gasteiger partial charge in [0.2, 0.25) is 5.95 Å². The molecule has 0 atom stereocenters. The minimum Gasteiger partial charge on any atom is -0.354 e. The largest absolute Gasteiger partial charge is 0.354 e. The van der Waals surface area contributed by atoms with E-state index in [9.17, 15) is 0 Å². The standard InChI is InChI=1S/C14H15ClN6/c1-2-7-16-14-19-12(9-8-17-21-13(9)20-14)18-11-6-4-3-5-10(11)15/h3-6,8H,2,7H2,1H3,(H3,16,17,18,19,20,21). The second-order valence-electron chi connectivity index (χ2n) is 4.56. The van der Waals surface area contributed by atoms with Crippen LogP contribution in [0.4, 0.5) is 17.5 Å². The Bertz CT molecular complexity index is 754. The van der Waals surface area contributed by atoms with Crippen molar-refractivity contribution in [3.63, 3.8) is 0 Å². The number of rotatable bonds is 5. The monoisotopic (exact) mass is 302 g/mol. The fourth-order valence-electron chi connectivity index (χ4n) is 1.94. The van der Waals surface area contributed by atoms with Gasteiger partial charge >= 0.3 is 0 Å². The fraction of sp³-hybridized carbons (Fsp3) is 0.214. The van der Waals surface area contributed by atoms with Crippen molar-refractivity contribution in [1.29, 1.82) is 0 Å². The number of para-hydroxylation sites is 1. The lowest BCUT2D eigenvalue weighted by Crippen LogP contribution is -2.06. The Hall–Kier alpha value is -2.34. The molecule has 0 radical (unpaired) electrons. The van der Waals surface area contributed by atoms with Gasteiger partial charge in [0.15, 0.2) is 5.65 Å². The van der Waals surface area contributed by atoms with Crippen LogP contribution in [0.1, 0.15) is 13.3 Å². The molecule has 3 aromatic rings. The van der Waals surface area contributed by atoms with E-state index in [1.165, 1.54) is 0 Å². The lowest BCUT2D eigenvalue weighted by Gasteiger charge is -2.10. The van der Waals surface area contributed by atoms with Gasteiger partial charge in [0.05, 0.1) is 22.3 Å². The summed E-state index contributed by atoms with van der Waals surface area (Å²) in [6.07, 6.45) is 2.69. The summed E-state index contributed by atoms with van der Waals surface area (Å²) in [6, 6.07) is 7.52. The molecule has 0 unspecified atom stereocenters. The molecule has 0 spiro atoms. The summed E-state index contributed by atoms with van der Waals surface area (Å²) >= 11 is 6.18. The second-order valence-corrected chi connectivity index (χ2v) is 4.97. The maximum atomic E-state index is 6.18. The average molecular weight is 303 g/mol. The van der Waals surface area contributed by atoms with E-state index in [0.29, 0.717) is 22.4 Å².